The van der Waals surface area contributed by atoms with Gasteiger partial charge < -0.3 is 10.1 Å². The molecule has 7 heteroatoms. The summed E-state index contributed by atoms with van der Waals surface area (Å²) in [4.78, 5) is 12.1. The van der Waals surface area contributed by atoms with E-state index in [-0.39, 0.29) is 18.2 Å². The maximum absolute atomic E-state index is 13.6. The lowest BCUT2D eigenvalue weighted by atomic mass is 10.0. The van der Waals surface area contributed by atoms with Crippen LogP contribution in [0.5, 0.6) is 5.88 Å². The number of ether oxygens (including phenoxy) is 1. The van der Waals surface area contributed by atoms with E-state index >= 15 is 0 Å². The molecule has 1 heterocycles. The monoisotopic (exact) mass is 379 g/mol. The lowest BCUT2D eigenvalue weighted by molar-refractivity contribution is -0.118. The number of hydrogen-bond donors (Lipinski definition) is 1. The highest BCUT2D eigenvalue weighted by molar-refractivity contribution is 6.99. The predicted molar refractivity (Wildman–Crippen MR) is 103 cm³/mol. The Kier molecular flexibility index (Phi) is 4.76. The van der Waals surface area contributed by atoms with Gasteiger partial charge in [0, 0.05) is 5.56 Å². The number of nitrogens with one attached hydrogen (secondary N) is 1. The van der Waals surface area contributed by atoms with E-state index in [9.17, 15) is 9.18 Å². The molecule has 0 atom stereocenters. The van der Waals surface area contributed by atoms with Crippen molar-refractivity contribution in [3.05, 3.63) is 72.5 Å². The molecule has 1 amide bonds. The molecule has 4 aromatic rings. The molecule has 0 unspecified atom stereocenters. The number of fused-ring (bicyclic) bond motifs is 1. The van der Waals surface area contributed by atoms with Crippen molar-refractivity contribution in [1.29, 1.82) is 0 Å². The molecule has 4 rings (SSSR count). The number of rotatable bonds is 5. The summed E-state index contributed by atoms with van der Waals surface area (Å²) in [5.74, 6) is -0.699. The van der Waals surface area contributed by atoms with Gasteiger partial charge in [0.05, 0.1) is 17.4 Å². The average Bonchev–Trinajstić information content (AvgIpc) is 3.16. The van der Waals surface area contributed by atoms with E-state index in [0.717, 1.165) is 28.1 Å². The number of para-hydroxylation sites is 1. The molecule has 0 saturated carbocycles. The van der Waals surface area contributed by atoms with Crippen LogP contribution in [0.15, 0.2) is 66.7 Å². The lowest BCUT2D eigenvalue weighted by Gasteiger charge is -2.08. The van der Waals surface area contributed by atoms with Crippen LogP contribution in [-0.2, 0) is 4.79 Å². The number of carbonyl (C=O) groups is 1. The molecule has 0 aliphatic rings. The van der Waals surface area contributed by atoms with Gasteiger partial charge in [-0.25, -0.2) is 4.39 Å². The predicted octanol–water partition coefficient (Wildman–Crippen LogP) is 4.51. The maximum Gasteiger partial charge on any atom is 0.262 e. The molecule has 134 valence electrons. The first-order chi connectivity index (χ1) is 13.2. The number of carbonyl (C=O) groups excluding carboxylic acids is 1. The van der Waals surface area contributed by atoms with Gasteiger partial charge in [-0.3, -0.25) is 4.79 Å². The number of benzene rings is 3. The summed E-state index contributed by atoms with van der Waals surface area (Å²) < 4.78 is 27.7. The van der Waals surface area contributed by atoms with Crippen LogP contribution in [0.2, 0.25) is 0 Å². The van der Waals surface area contributed by atoms with E-state index in [1.165, 1.54) is 12.1 Å². The number of aromatic nitrogens is 2. The molecule has 0 aliphatic carbocycles. The van der Waals surface area contributed by atoms with Crippen molar-refractivity contribution in [3.63, 3.8) is 0 Å². The molecule has 0 spiro atoms. The minimum absolute atomic E-state index is 0.108. The second-order valence-electron chi connectivity index (χ2n) is 5.76. The summed E-state index contributed by atoms with van der Waals surface area (Å²) in [6, 6.07) is 19.8. The van der Waals surface area contributed by atoms with E-state index in [4.69, 9.17) is 4.74 Å². The fourth-order valence-corrected chi connectivity index (χ4v) is 3.27. The quantitative estimate of drug-likeness (QED) is 0.554. The normalized spacial score (nSPS) is 10.7. The molecule has 1 N–H and O–H groups in total. The van der Waals surface area contributed by atoms with Gasteiger partial charge >= 0.3 is 0 Å². The molecule has 3 aromatic carbocycles. The third kappa shape index (κ3) is 3.63. The van der Waals surface area contributed by atoms with Crippen LogP contribution >= 0.6 is 11.7 Å². The van der Waals surface area contributed by atoms with Gasteiger partial charge in [0.2, 0.25) is 0 Å². The SMILES string of the molecule is O=C(COc1nsnc1-c1cccc2ccccc12)Nc1ccccc1F. The van der Waals surface area contributed by atoms with Crippen molar-refractivity contribution in [3.8, 4) is 17.1 Å². The van der Waals surface area contributed by atoms with Gasteiger partial charge in [0.15, 0.2) is 6.61 Å². The summed E-state index contributed by atoms with van der Waals surface area (Å²) in [5.41, 5.74) is 1.57. The Hall–Kier alpha value is -3.32. The van der Waals surface area contributed by atoms with Crippen molar-refractivity contribution >= 4 is 34.1 Å². The summed E-state index contributed by atoms with van der Waals surface area (Å²) in [6.07, 6.45) is 0. The van der Waals surface area contributed by atoms with Crippen LogP contribution in [0.4, 0.5) is 10.1 Å². The van der Waals surface area contributed by atoms with Crippen LogP contribution in [0, 0.1) is 5.82 Å². The highest BCUT2D eigenvalue weighted by Gasteiger charge is 2.16. The van der Waals surface area contributed by atoms with Gasteiger partial charge in [-0.1, -0.05) is 54.6 Å². The molecule has 0 saturated heterocycles. The van der Waals surface area contributed by atoms with Crippen LogP contribution < -0.4 is 10.1 Å². The highest BCUT2D eigenvalue weighted by Crippen LogP contribution is 2.33. The van der Waals surface area contributed by atoms with Crippen molar-refractivity contribution in [2.24, 2.45) is 0 Å². The lowest BCUT2D eigenvalue weighted by Crippen LogP contribution is -2.21. The number of anilines is 1. The number of nitrogens with zero attached hydrogens (tertiary/aromatic N) is 2. The van der Waals surface area contributed by atoms with Gasteiger partial charge in [-0.15, -0.1) is 4.37 Å². The first kappa shape index (κ1) is 17.1. The number of amides is 1. The van der Waals surface area contributed by atoms with Crippen LogP contribution in [0.3, 0.4) is 0 Å². The van der Waals surface area contributed by atoms with E-state index in [2.05, 4.69) is 14.1 Å². The van der Waals surface area contributed by atoms with Crippen LogP contribution in [-0.4, -0.2) is 21.3 Å². The van der Waals surface area contributed by atoms with Crippen molar-refractivity contribution < 1.29 is 13.9 Å². The molecular weight excluding hydrogens is 365 g/mol. The first-order valence-corrected chi connectivity index (χ1v) is 8.93. The Bertz CT molecular complexity index is 1110. The maximum atomic E-state index is 13.6. The Balaban J connectivity index is 1.53. The average molecular weight is 379 g/mol. The van der Waals surface area contributed by atoms with Gasteiger partial charge in [-0.05, 0) is 22.9 Å². The van der Waals surface area contributed by atoms with Crippen LogP contribution in [0.1, 0.15) is 0 Å². The largest absolute Gasteiger partial charge is 0.465 e. The topological polar surface area (TPSA) is 64.1 Å². The van der Waals surface area contributed by atoms with Crippen molar-refractivity contribution in [2.75, 3.05) is 11.9 Å². The minimum Gasteiger partial charge on any atom is -0.465 e. The second kappa shape index (κ2) is 7.51. The smallest absolute Gasteiger partial charge is 0.262 e. The van der Waals surface area contributed by atoms with Crippen LogP contribution in [0.25, 0.3) is 22.0 Å². The first-order valence-electron chi connectivity index (χ1n) is 8.20. The summed E-state index contributed by atoms with van der Waals surface area (Å²) >= 11 is 1.01. The molecule has 0 bridgehead atoms. The Morgan fingerprint density at radius 3 is 2.67 bits per heavy atom. The zero-order chi connectivity index (χ0) is 18.6. The van der Waals surface area contributed by atoms with E-state index in [1.54, 1.807) is 12.1 Å². The molecule has 0 fully saturated rings. The van der Waals surface area contributed by atoms with E-state index in [1.807, 2.05) is 42.5 Å². The van der Waals surface area contributed by atoms with Gasteiger partial charge in [0.25, 0.3) is 11.8 Å². The molecular formula is C20H14FN3O2S. The second-order valence-corrected chi connectivity index (χ2v) is 6.29. The minimum atomic E-state index is -0.502. The summed E-state index contributed by atoms with van der Waals surface area (Å²) in [5, 5.41) is 4.57. The fourth-order valence-electron chi connectivity index (χ4n) is 2.75. The Morgan fingerprint density at radius 1 is 1.00 bits per heavy atom. The molecule has 27 heavy (non-hydrogen) atoms. The van der Waals surface area contributed by atoms with Crippen molar-refractivity contribution in [2.45, 2.75) is 0 Å². The third-order valence-corrected chi connectivity index (χ3v) is 4.50. The van der Waals surface area contributed by atoms with E-state index < -0.39 is 11.7 Å². The zero-order valence-electron chi connectivity index (χ0n) is 14.1. The van der Waals surface area contributed by atoms with Crippen molar-refractivity contribution in [1.82, 2.24) is 8.75 Å². The molecule has 1 aromatic heterocycles. The summed E-state index contributed by atoms with van der Waals surface area (Å²) in [6.45, 7) is -0.294. The molecule has 0 aliphatic heterocycles. The number of halogens is 1. The fraction of sp³-hybridized carbons (Fsp3) is 0.0500. The molecule has 0 radical (unpaired) electrons. The standard InChI is InChI=1S/C20H14FN3O2S/c21-16-10-3-4-11-17(16)22-18(25)12-26-20-19(23-27-24-20)15-9-5-7-13-6-1-2-8-14(13)15/h1-11H,12H2,(H,22,25). The summed E-state index contributed by atoms with van der Waals surface area (Å²) in [7, 11) is 0. The zero-order valence-corrected chi connectivity index (χ0v) is 14.9. The third-order valence-electron chi connectivity index (χ3n) is 3.99. The van der Waals surface area contributed by atoms with Gasteiger partial charge in [-0.2, -0.15) is 4.37 Å². The Morgan fingerprint density at radius 2 is 1.78 bits per heavy atom. The molecule has 5 nitrogen and oxygen atoms in total. The highest BCUT2D eigenvalue weighted by atomic mass is 32.1. The Labute approximate surface area is 158 Å². The van der Waals surface area contributed by atoms with E-state index in [0.29, 0.717) is 5.69 Å². The number of hydrogen-bond acceptors (Lipinski definition) is 5. The van der Waals surface area contributed by atoms with Gasteiger partial charge in [0.1, 0.15) is 11.5 Å².